The molecule has 0 bridgehead atoms. The lowest BCUT2D eigenvalue weighted by Crippen LogP contribution is -2.54. The average molecular weight is 400 g/mol. The van der Waals surface area contributed by atoms with Gasteiger partial charge >= 0.3 is 0 Å². The van der Waals surface area contributed by atoms with E-state index in [9.17, 15) is 4.79 Å². The van der Waals surface area contributed by atoms with Crippen LogP contribution in [0, 0.1) is 17.8 Å². The summed E-state index contributed by atoms with van der Waals surface area (Å²) in [5.74, 6) is 2.09. The number of likely N-dealkylation sites (tertiary alicyclic amines) is 1. The first-order valence-corrected chi connectivity index (χ1v) is 11.5. The molecule has 2 saturated heterocycles. The molecule has 1 aliphatic carbocycles. The quantitative estimate of drug-likeness (QED) is 0.766. The molecule has 4 atom stereocenters. The highest BCUT2D eigenvalue weighted by molar-refractivity contribution is 5.82. The summed E-state index contributed by atoms with van der Waals surface area (Å²) >= 11 is 0. The number of benzene rings is 1. The number of nitrogens with one attached hydrogen (secondary N) is 1. The Morgan fingerprint density at radius 2 is 1.90 bits per heavy atom. The first-order valence-electron chi connectivity index (χ1n) is 11.5. The van der Waals surface area contributed by atoms with Crippen LogP contribution in [0.5, 0.6) is 0 Å². The monoisotopic (exact) mass is 399 g/mol. The highest BCUT2D eigenvalue weighted by Crippen LogP contribution is 2.38. The van der Waals surface area contributed by atoms with Crippen LogP contribution in [-0.4, -0.2) is 67.2 Å². The minimum atomic E-state index is -0.0141. The minimum Gasteiger partial charge on any atom is -0.379 e. The Morgan fingerprint density at radius 3 is 2.62 bits per heavy atom. The molecule has 5 heteroatoms. The molecule has 1 aromatic rings. The van der Waals surface area contributed by atoms with Crippen molar-refractivity contribution in [2.45, 2.75) is 51.7 Å². The van der Waals surface area contributed by atoms with Crippen LogP contribution >= 0.6 is 0 Å². The lowest BCUT2D eigenvalue weighted by molar-refractivity contribution is -0.130. The van der Waals surface area contributed by atoms with Gasteiger partial charge in [0.1, 0.15) is 0 Å². The zero-order valence-corrected chi connectivity index (χ0v) is 18.1. The normalized spacial score (nSPS) is 29.1. The van der Waals surface area contributed by atoms with Crippen molar-refractivity contribution in [3.8, 4) is 0 Å². The predicted octanol–water partition coefficient (Wildman–Crippen LogP) is 2.76. The lowest BCUT2D eigenvalue weighted by Gasteiger charge is -2.35. The number of carbonyl (C=O) groups is 1. The van der Waals surface area contributed by atoms with E-state index in [0.717, 1.165) is 58.2 Å². The molecule has 1 N–H and O–H groups in total. The zero-order chi connectivity index (χ0) is 20.2. The molecule has 0 aromatic heterocycles. The SMILES string of the molecule is CC(C)C[C@@H](C(=O)NC1CC[C@H]2CN(Cc3ccccc3)CC12)N1CCOCC1. The average Bonchev–Trinajstić information content (AvgIpc) is 3.28. The van der Waals surface area contributed by atoms with Crippen molar-refractivity contribution in [2.24, 2.45) is 17.8 Å². The molecule has 1 aromatic carbocycles. The van der Waals surface area contributed by atoms with Crippen molar-refractivity contribution >= 4 is 5.91 Å². The summed E-state index contributed by atoms with van der Waals surface area (Å²) in [6, 6.07) is 11.1. The van der Waals surface area contributed by atoms with Gasteiger partial charge in [-0.2, -0.15) is 0 Å². The second-order valence-electron chi connectivity index (χ2n) is 9.59. The maximum Gasteiger partial charge on any atom is 0.237 e. The molecule has 0 spiro atoms. The molecule has 29 heavy (non-hydrogen) atoms. The summed E-state index contributed by atoms with van der Waals surface area (Å²) in [5, 5.41) is 3.49. The Morgan fingerprint density at radius 1 is 1.14 bits per heavy atom. The van der Waals surface area contributed by atoms with Gasteiger partial charge in [0, 0.05) is 38.8 Å². The number of nitrogens with zero attached hydrogens (tertiary/aromatic N) is 2. The van der Waals surface area contributed by atoms with E-state index in [4.69, 9.17) is 4.74 Å². The molecule has 1 saturated carbocycles. The molecule has 3 aliphatic rings. The van der Waals surface area contributed by atoms with Crippen LogP contribution in [-0.2, 0) is 16.1 Å². The number of rotatable bonds is 7. The van der Waals surface area contributed by atoms with Gasteiger partial charge in [-0.15, -0.1) is 0 Å². The van der Waals surface area contributed by atoms with Gasteiger partial charge in [0.15, 0.2) is 0 Å². The van der Waals surface area contributed by atoms with E-state index < -0.39 is 0 Å². The predicted molar refractivity (Wildman–Crippen MR) is 115 cm³/mol. The molecule has 160 valence electrons. The second kappa shape index (κ2) is 9.59. The van der Waals surface area contributed by atoms with E-state index in [1.165, 1.54) is 18.5 Å². The maximum absolute atomic E-state index is 13.3. The topological polar surface area (TPSA) is 44.8 Å². The van der Waals surface area contributed by atoms with Crippen LogP contribution in [0.1, 0.15) is 38.7 Å². The number of ether oxygens (including phenoxy) is 1. The van der Waals surface area contributed by atoms with Crippen molar-refractivity contribution in [1.29, 1.82) is 0 Å². The Hall–Kier alpha value is -1.43. The molecule has 5 nitrogen and oxygen atoms in total. The van der Waals surface area contributed by atoms with Crippen molar-refractivity contribution in [2.75, 3.05) is 39.4 Å². The molecule has 4 rings (SSSR count). The van der Waals surface area contributed by atoms with Gasteiger partial charge < -0.3 is 10.1 Å². The van der Waals surface area contributed by atoms with Gasteiger partial charge in [-0.1, -0.05) is 44.2 Å². The van der Waals surface area contributed by atoms with Crippen LogP contribution in [0.25, 0.3) is 0 Å². The highest BCUT2D eigenvalue weighted by Gasteiger charge is 2.43. The number of carbonyl (C=O) groups excluding carboxylic acids is 1. The number of hydrogen-bond acceptors (Lipinski definition) is 4. The fraction of sp³-hybridized carbons (Fsp3) is 0.708. The number of fused-ring (bicyclic) bond motifs is 1. The van der Waals surface area contributed by atoms with Gasteiger partial charge in [0.2, 0.25) is 5.91 Å². The largest absolute Gasteiger partial charge is 0.379 e. The summed E-state index contributed by atoms with van der Waals surface area (Å²) in [5.41, 5.74) is 1.39. The third-order valence-corrected chi connectivity index (χ3v) is 6.99. The van der Waals surface area contributed by atoms with Gasteiger partial charge in [-0.05, 0) is 42.6 Å². The van der Waals surface area contributed by atoms with E-state index in [1.807, 2.05) is 0 Å². The molecule has 3 fully saturated rings. The smallest absolute Gasteiger partial charge is 0.237 e. The first-order chi connectivity index (χ1) is 14.1. The summed E-state index contributed by atoms with van der Waals surface area (Å²) in [7, 11) is 0. The van der Waals surface area contributed by atoms with Crippen LogP contribution in [0.3, 0.4) is 0 Å². The zero-order valence-electron chi connectivity index (χ0n) is 18.1. The van der Waals surface area contributed by atoms with Gasteiger partial charge in [0.25, 0.3) is 0 Å². The molecule has 0 radical (unpaired) electrons. The number of morpholine rings is 1. The third kappa shape index (κ3) is 5.19. The molecular formula is C24H37N3O2. The fourth-order valence-corrected chi connectivity index (χ4v) is 5.54. The van der Waals surface area contributed by atoms with Crippen molar-refractivity contribution in [3.05, 3.63) is 35.9 Å². The first kappa shape index (κ1) is 20.8. The molecule has 2 unspecified atom stereocenters. The molecule has 2 aliphatic heterocycles. The Bertz CT molecular complexity index is 659. The van der Waals surface area contributed by atoms with Gasteiger partial charge in [0.05, 0.1) is 19.3 Å². The number of hydrogen-bond donors (Lipinski definition) is 1. The molecule has 2 heterocycles. The Labute approximate surface area is 175 Å². The van der Waals surface area contributed by atoms with Gasteiger partial charge in [-0.3, -0.25) is 14.6 Å². The van der Waals surface area contributed by atoms with Crippen LogP contribution < -0.4 is 5.32 Å². The Balaban J connectivity index is 1.35. The van der Waals surface area contributed by atoms with Crippen molar-refractivity contribution < 1.29 is 9.53 Å². The number of amides is 1. The Kier molecular flexibility index (Phi) is 6.88. The van der Waals surface area contributed by atoms with E-state index in [1.54, 1.807) is 0 Å². The minimum absolute atomic E-state index is 0.0141. The van der Waals surface area contributed by atoms with E-state index in [0.29, 0.717) is 17.9 Å². The lowest BCUT2D eigenvalue weighted by atomic mass is 9.96. The maximum atomic E-state index is 13.3. The summed E-state index contributed by atoms with van der Waals surface area (Å²) in [6.07, 6.45) is 3.30. The van der Waals surface area contributed by atoms with Crippen molar-refractivity contribution in [1.82, 2.24) is 15.1 Å². The summed E-state index contributed by atoms with van der Waals surface area (Å²) in [4.78, 5) is 18.2. The summed E-state index contributed by atoms with van der Waals surface area (Å²) < 4.78 is 5.51. The highest BCUT2D eigenvalue weighted by atomic mass is 16.5. The van der Waals surface area contributed by atoms with Crippen LogP contribution in [0.2, 0.25) is 0 Å². The van der Waals surface area contributed by atoms with Crippen LogP contribution in [0.15, 0.2) is 30.3 Å². The van der Waals surface area contributed by atoms with E-state index in [2.05, 4.69) is 59.3 Å². The van der Waals surface area contributed by atoms with Crippen molar-refractivity contribution in [3.63, 3.8) is 0 Å². The molecule has 1 amide bonds. The van der Waals surface area contributed by atoms with Gasteiger partial charge in [-0.25, -0.2) is 0 Å². The second-order valence-corrected chi connectivity index (χ2v) is 9.59. The third-order valence-electron chi connectivity index (χ3n) is 6.99. The van der Waals surface area contributed by atoms with E-state index in [-0.39, 0.29) is 11.9 Å². The summed E-state index contributed by atoms with van der Waals surface area (Å²) in [6.45, 7) is 10.9. The molecular weight excluding hydrogens is 362 g/mol. The van der Waals surface area contributed by atoms with E-state index >= 15 is 0 Å². The fourth-order valence-electron chi connectivity index (χ4n) is 5.54. The van der Waals surface area contributed by atoms with Crippen LogP contribution in [0.4, 0.5) is 0 Å². The standard InChI is InChI=1S/C24H37N3O2/c1-18(2)14-23(27-10-12-29-13-11-27)24(28)25-22-9-8-20-16-26(17-21(20)22)15-19-6-4-3-5-7-19/h3-7,18,20-23H,8-17H2,1-2H3,(H,25,28)/t20-,21?,22?,23-/m0/s1.